The van der Waals surface area contributed by atoms with Crippen molar-refractivity contribution in [1.29, 1.82) is 0 Å². The van der Waals surface area contributed by atoms with Crippen LogP contribution >= 0.6 is 0 Å². The first kappa shape index (κ1) is 21.9. The maximum atomic E-state index is 12.4. The van der Waals surface area contributed by atoms with Gasteiger partial charge in [0.2, 0.25) is 5.91 Å². The van der Waals surface area contributed by atoms with Gasteiger partial charge in [-0.05, 0) is 30.2 Å². The summed E-state index contributed by atoms with van der Waals surface area (Å²) >= 11 is 0. The van der Waals surface area contributed by atoms with Crippen molar-refractivity contribution in [1.82, 2.24) is 10.6 Å². The summed E-state index contributed by atoms with van der Waals surface area (Å²) in [6.45, 7) is 5.48. The van der Waals surface area contributed by atoms with E-state index in [1.165, 1.54) is 6.42 Å². The van der Waals surface area contributed by atoms with Crippen LogP contribution in [0.15, 0.2) is 30.3 Å². The highest BCUT2D eigenvalue weighted by molar-refractivity contribution is 5.87. The van der Waals surface area contributed by atoms with E-state index in [0.29, 0.717) is 5.92 Å². The monoisotopic (exact) mass is 388 g/mol. The molecular formula is C22H32N2O4. The van der Waals surface area contributed by atoms with Crippen molar-refractivity contribution >= 4 is 17.8 Å². The minimum atomic E-state index is -0.780. The summed E-state index contributed by atoms with van der Waals surface area (Å²) in [6, 6.07) is 8.70. The number of carbonyl (C=O) groups excluding carboxylic acids is 3. The standard InChI is InChI=1S/C22H32N2O4/c1-15(2)21(24-19(25)13-17-10-5-4-6-11-17)22(27)28-14-20(26)23-18-12-8-7-9-16(18)3/h4-6,10-11,15-16,18,21H,7-9,12-14H2,1-3H3,(H,23,26)(H,24,25). The molecule has 0 spiro atoms. The predicted molar refractivity (Wildman–Crippen MR) is 107 cm³/mol. The molecule has 154 valence electrons. The van der Waals surface area contributed by atoms with Gasteiger partial charge in [0, 0.05) is 6.04 Å². The molecule has 0 radical (unpaired) electrons. The van der Waals surface area contributed by atoms with Gasteiger partial charge in [0.25, 0.3) is 5.91 Å². The quantitative estimate of drug-likeness (QED) is 0.671. The molecule has 0 aromatic heterocycles. The fraction of sp³-hybridized carbons (Fsp3) is 0.591. The Balaban J connectivity index is 1.81. The Labute approximate surface area is 167 Å². The second-order valence-corrected chi connectivity index (χ2v) is 8.00. The lowest BCUT2D eigenvalue weighted by Gasteiger charge is -2.29. The molecule has 3 unspecified atom stereocenters. The Bertz CT molecular complexity index is 660. The van der Waals surface area contributed by atoms with Crippen LogP contribution in [0.1, 0.15) is 52.0 Å². The van der Waals surface area contributed by atoms with E-state index in [-0.39, 0.29) is 36.8 Å². The summed E-state index contributed by atoms with van der Waals surface area (Å²) in [5, 5.41) is 5.69. The summed E-state index contributed by atoms with van der Waals surface area (Å²) in [6.07, 6.45) is 4.56. The molecule has 2 amide bonds. The minimum Gasteiger partial charge on any atom is -0.454 e. The van der Waals surface area contributed by atoms with E-state index in [9.17, 15) is 14.4 Å². The third kappa shape index (κ3) is 6.98. The van der Waals surface area contributed by atoms with Crippen molar-refractivity contribution in [3.63, 3.8) is 0 Å². The Hall–Kier alpha value is -2.37. The highest BCUT2D eigenvalue weighted by atomic mass is 16.5. The number of hydrogen-bond donors (Lipinski definition) is 2. The van der Waals surface area contributed by atoms with Crippen LogP contribution in [0.4, 0.5) is 0 Å². The summed E-state index contributed by atoms with van der Waals surface area (Å²) in [5.41, 5.74) is 0.872. The van der Waals surface area contributed by atoms with Crippen molar-refractivity contribution < 1.29 is 19.1 Å². The van der Waals surface area contributed by atoms with E-state index in [2.05, 4.69) is 17.6 Å². The third-order valence-electron chi connectivity index (χ3n) is 5.25. The molecule has 0 bridgehead atoms. The van der Waals surface area contributed by atoms with Gasteiger partial charge in [-0.25, -0.2) is 4.79 Å². The highest BCUT2D eigenvalue weighted by Gasteiger charge is 2.27. The average Bonchev–Trinajstić information content (AvgIpc) is 2.66. The van der Waals surface area contributed by atoms with Gasteiger partial charge in [-0.2, -0.15) is 0 Å². The second-order valence-electron chi connectivity index (χ2n) is 8.00. The van der Waals surface area contributed by atoms with E-state index in [1.54, 1.807) is 0 Å². The summed E-state index contributed by atoms with van der Waals surface area (Å²) in [4.78, 5) is 36.8. The van der Waals surface area contributed by atoms with Crippen molar-refractivity contribution in [2.45, 2.75) is 65.0 Å². The van der Waals surface area contributed by atoms with Crippen molar-refractivity contribution in [2.24, 2.45) is 11.8 Å². The maximum Gasteiger partial charge on any atom is 0.329 e. The molecule has 1 saturated carbocycles. The number of esters is 1. The first-order chi connectivity index (χ1) is 13.4. The van der Waals surface area contributed by atoms with Gasteiger partial charge in [-0.1, -0.05) is 63.9 Å². The number of benzene rings is 1. The van der Waals surface area contributed by atoms with Crippen LogP contribution in [0.3, 0.4) is 0 Å². The molecule has 6 nitrogen and oxygen atoms in total. The second kappa shape index (κ2) is 10.8. The van der Waals surface area contributed by atoms with Gasteiger partial charge in [-0.3, -0.25) is 9.59 Å². The van der Waals surface area contributed by atoms with E-state index in [4.69, 9.17) is 4.74 Å². The maximum absolute atomic E-state index is 12.4. The first-order valence-corrected chi connectivity index (χ1v) is 10.2. The van der Waals surface area contributed by atoms with Crippen molar-refractivity contribution in [3.05, 3.63) is 35.9 Å². The zero-order valence-electron chi connectivity index (χ0n) is 17.1. The van der Waals surface area contributed by atoms with Gasteiger partial charge in [0.15, 0.2) is 6.61 Å². The van der Waals surface area contributed by atoms with Crippen LogP contribution < -0.4 is 10.6 Å². The molecule has 1 aromatic rings. The number of nitrogens with one attached hydrogen (secondary N) is 2. The molecule has 0 heterocycles. The Morgan fingerprint density at radius 3 is 2.39 bits per heavy atom. The molecule has 2 N–H and O–H groups in total. The molecule has 1 aromatic carbocycles. The van der Waals surface area contributed by atoms with Crippen LogP contribution in [-0.2, 0) is 25.5 Å². The normalized spacial score (nSPS) is 20.3. The number of ether oxygens (including phenoxy) is 1. The smallest absolute Gasteiger partial charge is 0.329 e. The fourth-order valence-electron chi connectivity index (χ4n) is 3.51. The lowest BCUT2D eigenvalue weighted by atomic mass is 9.86. The molecule has 6 heteroatoms. The lowest BCUT2D eigenvalue weighted by Crippen LogP contribution is -2.47. The van der Waals surface area contributed by atoms with Crippen LogP contribution in [0.25, 0.3) is 0 Å². The van der Waals surface area contributed by atoms with Gasteiger partial charge in [0.05, 0.1) is 6.42 Å². The van der Waals surface area contributed by atoms with Gasteiger partial charge >= 0.3 is 5.97 Å². The first-order valence-electron chi connectivity index (χ1n) is 10.2. The Morgan fingerprint density at radius 2 is 1.75 bits per heavy atom. The molecule has 0 aliphatic heterocycles. The van der Waals surface area contributed by atoms with Crippen molar-refractivity contribution in [2.75, 3.05) is 6.61 Å². The van der Waals surface area contributed by atoms with Crippen LogP contribution in [0, 0.1) is 11.8 Å². The summed E-state index contributed by atoms with van der Waals surface area (Å²) < 4.78 is 5.19. The van der Waals surface area contributed by atoms with Gasteiger partial charge < -0.3 is 15.4 Å². The Morgan fingerprint density at radius 1 is 1.07 bits per heavy atom. The topological polar surface area (TPSA) is 84.5 Å². The molecule has 0 saturated heterocycles. The molecule has 28 heavy (non-hydrogen) atoms. The van der Waals surface area contributed by atoms with Crippen molar-refractivity contribution in [3.8, 4) is 0 Å². The summed E-state index contributed by atoms with van der Waals surface area (Å²) in [7, 11) is 0. The predicted octanol–water partition coefficient (Wildman–Crippen LogP) is 2.61. The largest absolute Gasteiger partial charge is 0.454 e. The van der Waals surface area contributed by atoms with Gasteiger partial charge in [-0.15, -0.1) is 0 Å². The molecule has 1 aliphatic carbocycles. The fourth-order valence-corrected chi connectivity index (χ4v) is 3.51. The molecule has 3 atom stereocenters. The molecule has 1 fully saturated rings. The third-order valence-corrected chi connectivity index (χ3v) is 5.25. The number of amides is 2. The highest BCUT2D eigenvalue weighted by Crippen LogP contribution is 2.23. The van der Waals surface area contributed by atoms with E-state index in [1.807, 2.05) is 44.2 Å². The Kier molecular flexibility index (Phi) is 8.48. The number of rotatable bonds is 8. The molecular weight excluding hydrogens is 356 g/mol. The zero-order chi connectivity index (χ0) is 20.5. The lowest BCUT2D eigenvalue weighted by molar-refractivity contribution is -0.153. The average molecular weight is 389 g/mol. The summed E-state index contributed by atoms with van der Waals surface area (Å²) in [5.74, 6) is -0.821. The van der Waals surface area contributed by atoms with E-state index >= 15 is 0 Å². The SMILES string of the molecule is CC(C)C(NC(=O)Cc1ccccc1)C(=O)OCC(=O)NC1CCCCC1C. The number of carbonyl (C=O) groups is 3. The van der Waals surface area contributed by atoms with Crippen LogP contribution in [0.5, 0.6) is 0 Å². The van der Waals surface area contributed by atoms with Crippen LogP contribution in [0.2, 0.25) is 0 Å². The zero-order valence-corrected chi connectivity index (χ0v) is 17.1. The molecule has 2 rings (SSSR count). The molecule has 1 aliphatic rings. The minimum absolute atomic E-state index is 0.145. The van der Waals surface area contributed by atoms with Crippen LogP contribution in [-0.4, -0.2) is 36.5 Å². The van der Waals surface area contributed by atoms with E-state index in [0.717, 1.165) is 24.8 Å². The van der Waals surface area contributed by atoms with Gasteiger partial charge in [0.1, 0.15) is 6.04 Å². The van der Waals surface area contributed by atoms with E-state index < -0.39 is 12.0 Å². The number of hydrogen-bond acceptors (Lipinski definition) is 4.